The minimum atomic E-state index is -0.455. The first-order valence-corrected chi connectivity index (χ1v) is 10.1. The molecule has 7 nitrogen and oxygen atoms in total. The monoisotopic (exact) mass is 427 g/mol. The van der Waals surface area contributed by atoms with Gasteiger partial charge in [-0.25, -0.2) is 0 Å². The molecule has 1 heterocycles. The van der Waals surface area contributed by atoms with Crippen LogP contribution < -0.4 is 9.47 Å². The molecule has 3 aromatic carbocycles. The van der Waals surface area contributed by atoms with E-state index >= 15 is 0 Å². The van der Waals surface area contributed by atoms with E-state index in [1.165, 1.54) is 7.11 Å². The van der Waals surface area contributed by atoms with Crippen molar-refractivity contribution in [2.24, 2.45) is 0 Å². The highest BCUT2D eigenvalue weighted by atomic mass is 16.6. The first kappa shape index (κ1) is 20.9. The average molecular weight is 427 g/mol. The third-order valence-corrected chi connectivity index (χ3v) is 5.44. The van der Waals surface area contributed by atoms with Crippen LogP contribution >= 0.6 is 0 Å². The number of aromatic nitrogens is 1. The Bertz CT molecular complexity index is 1310. The lowest BCUT2D eigenvalue weighted by molar-refractivity contribution is -0.481. The molecule has 0 unspecified atom stereocenters. The summed E-state index contributed by atoms with van der Waals surface area (Å²) in [5, 5.41) is 21.7. The van der Waals surface area contributed by atoms with E-state index in [-0.39, 0.29) is 18.1 Å². The van der Waals surface area contributed by atoms with Crippen LogP contribution in [0.25, 0.3) is 10.9 Å². The number of fused-ring (bicyclic) bond motifs is 1. The van der Waals surface area contributed by atoms with Crippen molar-refractivity contribution in [2.75, 3.05) is 13.7 Å². The molecule has 0 spiro atoms. The van der Waals surface area contributed by atoms with Crippen molar-refractivity contribution in [3.8, 4) is 17.6 Å². The SMILES string of the molecule is COc1cc([C@H](C[N+](=O)[O-])c2c[nH]c3ccccc23)ccc1OCc1ccccc1C#N. The van der Waals surface area contributed by atoms with Crippen molar-refractivity contribution in [3.05, 3.63) is 105 Å². The Hall–Kier alpha value is -4.31. The van der Waals surface area contributed by atoms with Crippen LogP contribution in [0, 0.1) is 21.4 Å². The molecular formula is C25H21N3O4. The lowest BCUT2D eigenvalue weighted by Crippen LogP contribution is -2.14. The summed E-state index contributed by atoms with van der Waals surface area (Å²) >= 11 is 0. The molecule has 0 amide bonds. The second-order valence-electron chi connectivity index (χ2n) is 7.33. The van der Waals surface area contributed by atoms with Gasteiger partial charge in [-0.3, -0.25) is 10.1 Å². The van der Waals surface area contributed by atoms with E-state index in [1.54, 1.807) is 24.3 Å². The third kappa shape index (κ3) is 4.25. The largest absolute Gasteiger partial charge is 0.493 e. The molecule has 7 heteroatoms. The van der Waals surface area contributed by atoms with E-state index in [4.69, 9.17) is 9.47 Å². The Morgan fingerprint density at radius 2 is 1.88 bits per heavy atom. The minimum absolute atomic E-state index is 0.209. The topological polar surface area (TPSA) is 101 Å². The normalized spacial score (nSPS) is 11.6. The number of ether oxygens (including phenoxy) is 2. The molecule has 1 N–H and O–H groups in total. The van der Waals surface area contributed by atoms with Crippen LogP contribution in [0.4, 0.5) is 0 Å². The number of H-pyrrole nitrogens is 1. The fourth-order valence-corrected chi connectivity index (χ4v) is 3.85. The van der Waals surface area contributed by atoms with Crippen molar-refractivity contribution in [3.63, 3.8) is 0 Å². The second-order valence-corrected chi connectivity index (χ2v) is 7.33. The van der Waals surface area contributed by atoms with Gasteiger partial charge in [0.1, 0.15) is 6.61 Å². The standard InChI is InChI=1S/C25H21N3O4/c1-31-25-12-17(10-11-24(25)32-16-19-7-3-2-6-18(19)13-26)22(15-28(29)30)21-14-27-23-9-5-4-8-20(21)23/h2-12,14,22,27H,15-16H2,1H3/t22-/m0/s1. The number of nitro groups is 1. The Morgan fingerprint density at radius 3 is 2.66 bits per heavy atom. The van der Waals surface area contributed by atoms with Crippen molar-refractivity contribution in [1.29, 1.82) is 5.26 Å². The Morgan fingerprint density at radius 1 is 1.09 bits per heavy atom. The number of methoxy groups -OCH3 is 1. The number of rotatable bonds is 8. The molecule has 0 aliphatic heterocycles. The number of benzene rings is 3. The van der Waals surface area contributed by atoms with Gasteiger partial charge in [0.25, 0.3) is 0 Å². The van der Waals surface area contributed by atoms with Crippen LogP contribution in [-0.4, -0.2) is 23.6 Å². The number of hydrogen-bond donors (Lipinski definition) is 1. The molecule has 32 heavy (non-hydrogen) atoms. The van der Waals surface area contributed by atoms with E-state index in [0.29, 0.717) is 17.1 Å². The van der Waals surface area contributed by atoms with Crippen LogP contribution in [0.5, 0.6) is 11.5 Å². The van der Waals surface area contributed by atoms with E-state index in [0.717, 1.165) is 27.6 Å². The van der Waals surface area contributed by atoms with Crippen LogP contribution in [0.2, 0.25) is 0 Å². The summed E-state index contributed by atoms with van der Waals surface area (Å²) in [4.78, 5) is 14.4. The summed E-state index contributed by atoms with van der Waals surface area (Å²) in [5.41, 5.74) is 3.86. The molecule has 0 bridgehead atoms. The average Bonchev–Trinajstić information content (AvgIpc) is 3.25. The maximum absolute atomic E-state index is 11.5. The van der Waals surface area contributed by atoms with Crippen molar-refractivity contribution < 1.29 is 14.4 Å². The summed E-state index contributed by atoms with van der Waals surface area (Å²) in [5.74, 6) is 0.524. The van der Waals surface area contributed by atoms with E-state index in [2.05, 4.69) is 11.1 Å². The first-order chi connectivity index (χ1) is 15.6. The fourth-order valence-electron chi connectivity index (χ4n) is 3.85. The second kappa shape index (κ2) is 9.23. The maximum Gasteiger partial charge on any atom is 0.214 e. The van der Waals surface area contributed by atoms with Gasteiger partial charge in [-0.1, -0.05) is 42.5 Å². The van der Waals surface area contributed by atoms with Gasteiger partial charge in [-0.2, -0.15) is 5.26 Å². The van der Waals surface area contributed by atoms with Gasteiger partial charge in [-0.05, 0) is 35.4 Å². The molecule has 160 valence electrons. The molecule has 0 saturated heterocycles. The molecule has 4 rings (SSSR count). The predicted molar refractivity (Wildman–Crippen MR) is 120 cm³/mol. The van der Waals surface area contributed by atoms with Crippen LogP contribution in [0.3, 0.4) is 0 Å². The summed E-state index contributed by atoms with van der Waals surface area (Å²) in [7, 11) is 1.53. The van der Waals surface area contributed by atoms with Gasteiger partial charge in [-0.15, -0.1) is 0 Å². The Balaban J connectivity index is 1.66. The van der Waals surface area contributed by atoms with E-state index < -0.39 is 5.92 Å². The van der Waals surface area contributed by atoms with Gasteiger partial charge in [0.15, 0.2) is 11.5 Å². The minimum Gasteiger partial charge on any atom is -0.493 e. The summed E-state index contributed by atoms with van der Waals surface area (Å²) in [6.07, 6.45) is 1.83. The highest BCUT2D eigenvalue weighted by Crippen LogP contribution is 2.36. The smallest absolute Gasteiger partial charge is 0.214 e. The molecule has 0 radical (unpaired) electrons. The van der Waals surface area contributed by atoms with Crippen molar-refractivity contribution >= 4 is 10.9 Å². The number of para-hydroxylation sites is 1. The molecule has 4 aromatic rings. The van der Waals surface area contributed by atoms with Gasteiger partial charge in [0.05, 0.1) is 24.7 Å². The predicted octanol–water partition coefficient (Wildman–Crippen LogP) is 5.04. The zero-order valence-electron chi connectivity index (χ0n) is 17.4. The van der Waals surface area contributed by atoms with Crippen LogP contribution in [-0.2, 0) is 6.61 Å². The summed E-state index contributed by atoms with van der Waals surface area (Å²) in [6, 6.07) is 22.5. The zero-order valence-corrected chi connectivity index (χ0v) is 17.4. The molecule has 0 saturated carbocycles. The lowest BCUT2D eigenvalue weighted by atomic mass is 9.90. The Kier molecular flexibility index (Phi) is 6.04. The van der Waals surface area contributed by atoms with E-state index in [1.807, 2.05) is 48.7 Å². The first-order valence-electron chi connectivity index (χ1n) is 10.1. The quantitative estimate of drug-likeness (QED) is 0.314. The van der Waals surface area contributed by atoms with Crippen LogP contribution in [0.15, 0.2) is 72.9 Å². The van der Waals surface area contributed by atoms with Crippen molar-refractivity contribution in [1.82, 2.24) is 4.98 Å². The maximum atomic E-state index is 11.5. The number of aromatic amines is 1. The highest BCUT2D eigenvalue weighted by molar-refractivity contribution is 5.84. The number of nitrogens with one attached hydrogen (secondary N) is 1. The van der Waals surface area contributed by atoms with Gasteiger partial charge >= 0.3 is 0 Å². The van der Waals surface area contributed by atoms with E-state index in [9.17, 15) is 15.4 Å². The number of nitrogens with zero attached hydrogens (tertiary/aromatic N) is 2. The third-order valence-electron chi connectivity index (χ3n) is 5.44. The van der Waals surface area contributed by atoms with Gasteiger partial charge < -0.3 is 14.5 Å². The number of hydrogen-bond acceptors (Lipinski definition) is 5. The van der Waals surface area contributed by atoms with Crippen LogP contribution in [0.1, 0.15) is 28.2 Å². The van der Waals surface area contributed by atoms with Crippen molar-refractivity contribution in [2.45, 2.75) is 12.5 Å². The molecule has 1 aromatic heterocycles. The summed E-state index contributed by atoms with van der Waals surface area (Å²) in [6.45, 7) is -0.0407. The molecule has 1 atom stereocenters. The molecular weight excluding hydrogens is 406 g/mol. The van der Waals surface area contributed by atoms with Gasteiger partial charge in [0, 0.05) is 27.6 Å². The highest BCUT2D eigenvalue weighted by Gasteiger charge is 2.24. The molecule has 0 fully saturated rings. The number of nitriles is 1. The molecule has 0 aliphatic carbocycles. The zero-order chi connectivity index (χ0) is 22.5. The summed E-state index contributed by atoms with van der Waals surface area (Å²) < 4.78 is 11.4. The fraction of sp³-hybridized carbons (Fsp3) is 0.160. The van der Waals surface area contributed by atoms with Gasteiger partial charge in [0.2, 0.25) is 6.54 Å². The lowest BCUT2D eigenvalue weighted by Gasteiger charge is -2.17. The molecule has 0 aliphatic rings. The Labute approximate surface area is 185 Å².